The minimum atomic E-state index is -0.485. The lowest BCUT2D eigenvalue weighted by Gasteiger charge is -2.11. The van der Waals surface area contributed by atoms with Gasteiger partial charge < -0.3 is 10.6 Å². The van der Waals surface area contributed by atoms with Crippen molar-refractivity contribution in [1.82, 2.24) is 10.6 Å². The van der Waals surface area contributed by atoms with E-state index in [1.807, 2.05) is 0 Å². The quantitative estimate of drug-likeness (QED) is 0.618. The fourth-order valence-electron chi connectivity index (χ4n) is 2.05. The van der Waals surface area contributed by atoms with Crippen LogP contribution >= 0.6 is 0 Å². The first-order valence-electron chi connectivity index (χ1n) is 5.84. The van der Waals surface area contributed by atoms with Gasteiger partial charge in [-0.3, -0.25) is 14.9 Å². The Morgan fingerprint density at radius 1 is 1.50 bits per heavy atom. The predicted molar refractivity (Wildman–Crippen MR) is 66.6 cm³/mol. The highest BCUT2D eigenvalue weighted by atomic mass is 16.6. The molecule has 0 unspecified atom stereocenters. The number of carbonyl (C=O) groups excluding carboxylic acids is 1. The predicted octanol–water partition coefficient (Wildman–Crippen LogP) is 0.995. The zero-order chi connectivity index (χ0) is 13.1. The summed E-state index contributed by atoms with van der Waals surface area (Å²) in [7, 11) is 0. The number of aryl methyl sites for hydroxylation is 1. The van der Waals surface area contributed by atoms with E-state index >= 15 is 0 Å². The molecule has 2 rings (SSSR count). The minimum Gasteiger partial charge on any atom is -0.348 e. The summed E-state index contributed by atoms with van der Waals surface area (Å²) < 4.78 is 0. The molecular weight excluding hydrogens is 234 g/mol. The number of non-ortho nitro benzene ring substituents is 1. The van der Waals surface area contributed by atoms with Crippen LogP contribution in [0.5, 0.6) is 0 Å². The van der Waals surface area contributed by atoms with Gasteiger partial charge in [0.2, 0.25) is 0 Å². The first-order valence-corrected chi connectivity index (χ1v) is 5.84. The third-order valence-corrected chi connectivity index (χ3v) is 2.93. The van der Waals surface area contributed by atoms with Gasteiger partial charge in [0.05, 0.1) is 4.92 Å². The summed E-state index contributed by atoms with van der Waals surface area (Å²) in [5.74, 6) is -0.254. The van der Waals surface area contributed by atoms with E-state index in [2.05, 4.69) is 10.6 Å². The summed E-state index contributed by atoms with van der Waals surface area (Å²) >= 11 is 0. The van der Waals surface area contributed by atoms with Gasteiger partial charge in [-0.2, -0.15) is 0 Å². The molecular formula is C12H15N3O3. The number of hydrogen-bond donors (Lipinski definition) is 2. The van der Waals surface area contributed by atoms with Gasteiger partial charge in [-0.15, -0.1) is 0 Å². The van der Waals surface area contributed by atoms with Gasteiger partial charge in [0.1, 0.15) is 0 Å². The summed E-state index contributed by atoms with van der Waals surface area (Å²) in [5, 5.41) is 16.7. The van der Waals surface area contributed by atoms with Crippen molar-refractivity contribution >= 4 is 11.6 Å². The molecule has 1 amide bonds. The van der Waals surface area contributed by atoms with E-state index in [-0.39, 0.29) is 17.6 Å². The monoisotopic (exact) mass is 249 g/mol. The number of nitro benzene ring substituents is 1. The second kappa shape index (κ2) is 5.14. The fourth-order valence-corrected chi connectivity index (χ4v) is 2.05. The minimum absolute atomic E-state index is 0.0512. The summed E-state index contributed by atoms with van der Waals surface area (Å²) in [5.41, 5.74) is 0.997. The third kappa shape index (κ3) is 2.84. The molecule has 1 saturated heterocycles. The number of nitro groups is 1. The average Bonchev–Trinajstić information content (AvgIpc) is 2.80. The van der Waals surface area contributed by atoms with Crippen LogP contribution in [0, 0.1) is 17.0 Å². The molecule has 1 aromatic carbocycles. The number of nitrogens with zero attached hydrogens (tertiary/aromatic N) is 1. The van der Waals surface area contributed by atoms with Gasteiger partial charge in [-0.1, -0.05) is 0 Å². The summed E-state index contributed by atoms with van der Waals surface area (Å²) in [4.78, 5) is 22.2. The molecule has 0 aromatic heterocycles. The fraction of sp³-hybridized carbons (Fsp3) is 0.417. The van der Waals surface area contributed by atoms with Crippen LogP contribution in [0.3, 0.4) is 0 Å². The van der Waals surface area contributed by atoms with Crippen LogP contribution < -0.4 is 10.6 Å². The summed E-state index contributed by atoms with van der Waals surface area (Å²) in [6.45, 7) is 3.37. The highest BCUT2D eigenvalue weighted by Crippen LogP contribution is 2.17. The van der Waals surface area contributed by atoms with E-state index in [0.717, 1.165) is 19.5 Å². The van der Waals surface area contributed by atoms with Gasteiger partial charge in [0.25, 0.3) is 11.6 Å². The molecule has 2 N–H and O–H groups in total. The summed E-state index contributed by atoms with van der Waals surface area (Å²) in [6.07, 6.45) is 0.889. The first kappa shape index (κ1) is 12.5. The van der Waals surface area contributed by atoms with Crippen molar-refractivity contribution in [3.05, 3.63) is 39.4 Å². The molecule has 1 aromatic rings. The van der Waals surface area contributed by atoms with Crippen molar-refractivity contribution in [2.24, 2.45) is 0 Å². The standard InChI is InChI=1S/C12H15N3O3/c1-8-4-9(6-11(5-8)15(17)18)12(16)14-10-2-3-13-7-10/h4-6,10,13H,2-3,7H2,1H3,(H,14,16)/t10-/m1/s1. The molecule has 96 valence electrons. The maximum Gasteiger partial charge on any atom is 0.270 e. The number of hydrogen-bond acceptors (Lipinski definition) is 4. The first-order chi connectivity index (χ1) is 8.56. The van der Waals surface area contributed by atoms with Gasteiger partial charge in [0, 0.05) is 30.3 Å². The topological polar surface area (TPSA) is 84.3 Å². The molecule has 6 heteroatoms. The molecule has 0 bridgehead atoms. The molecule has 1 heterocycles. The van der Waals surface area contributed by atoms with Crippen LogP contribution in [0.2, 0.25) is 0 Å². The van der Waals surface area contributed by atoms with Crippen LogP contribution in [-0.4, -0.2) is 30.0 Å². The zero-order valence-electron chi connectivity index (χ0n) is 10.1. The normalized spacial score (nSPS) is 18.6. The van der Waals surface area contributed by atoms with E-state index in [4.69, 9.17) is 0 Å². The van der Waals surface area contributed by atoms with Crippen molar-refractivity contribution in [2.45, 2.75) is 19.4 Å². The lowest BCUT2D eigenvalue weighted by molar-refractivity contribution is -0.384. The molecule has 1 aliphatic rings. The molecule has 1 aliphatic heterocycles. The Kier molecular flexibility index (Phi) is 3.57. The Bertz CT molecular complexity index is 481. The molecule has 0 aliphatic carbocycles. The third-order valence-electron chi connectivity index (χ3n) is 2.93. The number of rotatable bonds is 3. The van der Waals surface area contributed by atoms with E-state index in [9.17, 15) is 14.9 Å². The Morgan fingerprint density at radius 2 is 2.28 bits per heavy atom. The van der Waals surface area contributed by atoms with Crippen molar-refractivity contribution in [3.8, 4) is 0 Å². The number of amides is 1. The van der Waals surface area contributed by atoms with Crippen LogP contribution in [0.25, 0.3) is 0 Å². The summed E-state index contributed by atoms with van der Waals surface area (Å²) in [6, 6.07) is 4.53. The SMILES string of the molecule is Cc1cc(C(=O)N[C@@H]2CCNC2)cc([N+](=O)[O-])c1. The van der Waals surface area contributed by atoms with Crippen molar-refractivity contribution in [3.63, 3.8) is 0 Å². The molecule has 18 heavy (non-hydrogen) atoms. The maximum absolute atomic E-state index is 12.0. The van der Waals surface area contributed by atoms with E-state index in [0.29, 0.717) is 11.1 Å². The van der Waals surface area contributed by atoms with Gasteiger partial charge in [0.15, 0.2) is 0 Å². The molecule has 0 saturated carbocycles. The second-order valence-corrected chi connectivity index (χ2v) is 4.48. The Labute approximate surface area is 105 Å². The van der Waals surface area contributed by atoms with Gasteiger partial charge in [-0.05, 0) is 31.5 Å². The number of carbonyl (C=O) groups is 1. The Hall–Kier alpha value is -1.95. The van der Waals surface area contributed by atoms with Crippen LogP contribution in [0.4, 0.5) is 5.69 Å². The van der Waals surface area contributed by atoms with Crippen molar-refractivity contribution in [2.75, 3.05) is 13.1 Å². The molecule has 6 nitrogen and oxygen atoms in total. The van der Waals surface area contributed by atoms with Crippen LogP contribution in [0.15, 0.2) is 18.2 Å². The molecule has 1 atom stereocenters. The molecule has 0 radical (unpaired) electrons. The van der Waals surface area contributed by atoms with Gasteiger partial charge >= 0.3 is 0 Å². The van der Waals surface area contributed by atoms with E-state index in [1.54, 1.807) is 13.0 Å². The van der Waals surface area contributed by atoms with Crippen LogP contribution in [0.1, 0.15) is 22.3 Å². The molecule has 1 fully saturated rings. The second-order valence-electron chi connectivity index (χ2n) is 4.48. The highest BCUT2D eigenvalue weighted by Gasteiger charge is 2.19. The van der Waals surface area contributed by atoms with Crippen molar-refractivity contribution < 1.29 is 9.72 Å². The van der Waals surface area contributed by atoms with Crippen LogP contribution in [-0.2, 0) is 0 Å². The van der Waals surface area contributed by atoms with Crippen molar-refractivity contribution in [1.29, 1.82) is 0 Å². The average molecular weight is 249 g/mol. The lowest BCUT2D eigenvalue weighted by atomic mass is 10.1. The largest absolute Gasteiger partial charge is 0.348 e. The van der Waals surface area contributed by atoms with E-state index < -0.39 is 4.92 Å². The zero-order valence-corrected chi connectivity index (χ0v) is 10.1. The number of nitrogens with one attached hydrogen (secondary N) is 2. The smallest absolute Gasteiger partial charge is 0.270 e. The maximum atomic E-state index is 12.0. The Balaban J connectivity index is 2.16. The highest BCUT2D eigenvalue weighted by molar-refractivity contribution is 5.95. The Morgan fingerprint density at radius 3 is 2.89 bits per heavy atom. The van der Waals surface area contributed by atoms with Gasteiger partial charge in [-0.25, -0.2) is 0 Å². The van der Waals surface area contributed by atoms with E-state index in [1.165, 1.54) is 12.1 Å². The lowest BCUT2D eigenvalue weighted by Crippen LogP contribution is -2.36. The molecule has 0 spiro atoms. The number of benzene rings is 1.